The van der Waals surface area contributed by atoms with E-state index in [1.54, 1.807) is 0 Å². The maximum Gasteiger partial charge on any atom is 0.227 e. The van der Waals surface area contributed by atoms with Crippen LogP contribution < -0.4 is 5.32 Å². The van der Waals surface area contributed by atoms with E-state index in [2.05, 4.69) is 15.1 Å². The van der Waals surface area contributed by atoms with Gasteiger partial charge < -0.3 is 15.0 Å². The number of halogens is 2. The number of amides is 1. The molecule has 1 N–H and O–H groups in total. The van der Waals surface area contributed by atoms with Gasteiger partial charge in [0.1, 0.15) is 0 Å². The van der Waals surface area contributed by atoms with E-state index < -0.39 is 0 Å². The number of carbonyl (C=O) groups is 1. The van der Waals surface area contributed by atoms with Gasteiger partial charge in [0.05, 0.1) is 19.1 Å². The highest BCUT2D eigenvalue weighted by atomic mass is 35.5. The minimum absolute atomic E-state index is 0. The number of morpholine rings is 1. The molecular formula is C13H25Cl2N3O2. The van der Waals surface area contributed by atoms with Crippen LogP contribution in [-0.4, -0.2) is 74.2 Å². The number of hydrogen-bond donors (Lipinski definition) is 1. The lowest BCUT2D eigenvalue weighted by molar-refractivity contribution is -0.134. The highest BCUT2D eigenvalue weighted by Crippen LogP contribution is 2.20. The first-order valence-electron chi connectivity index (χ1n) is 7.16. The van der Waals surface area contributed by atoms with Crippen molar-refractivity contribution in [1.29, 1.82) is 0 Å². The van der Waals surface area contributed by atoms with Crippen LogP contribution in [0.15, 0.2) is 0 Å². The van der Waals surface area contributed by atoms with E-state index in [0.29, 0.717) is 11.9 Å². The van der Waals surface area contributed by atoms with Crippen molar-refractivity contribution in [2.45, 2.75) is 18.9 Å². The number of nitrogens with zero attached hydrogens (tertiary/aromatic N) is 2. The lowest BCUT2D eigenvalue weighted by Crippen LogP contribution is -2.45. The summed E-state index contributed by atoms with van der Waals surface area (Å²) in [7, 11) is 0. The van der Waals surface area contributed by atoms with E-state index in [1.165, 1.54) is 0 Å². The number of nitrogens with one attached hydrogen (secondary N) is 1. The number of rotatable bonds is 2. The largest absolute Gasteiger partial charge is 0.379 e. The van der Waals surface area contributed by atoms with Gasteiger partial charge in [-0.1, -0.05) is 0 Å². The highest BCUT2D eigenvalue weighted by molar-refractivity contribution is 5.85. The van der Waals surface area contributed by atoms with Gasteiger partial charge in [-0.2, -0.15) is 0 Å². The normalized spacial score (nSPS) is 30.7. The van der Waals surface area contributed by atoms with Gasteiger partial charge in [-0.15, -0.1) is 24.8 Å². The Morgan fingerprint density at radius 2 is 1.85 bits per heavy atom. The van der Waals surface area contributed by atoms with Crippen LogP contribution in [0.3, 0.4) is 0 Å². The van der Waals surface area contributed by atoms with Gasteiger partial charge in [-0.05, 0) is 19.4 Å². The summed E-state index contributed by atoms with van der Waals surface area (Å²) < 4.78 is 5.38. The Hall–Kier alpha value is -0.0700. The van der Waals surface area contributed by atoms with E-state index in [0.717, 1.165) is 65.3 Å². The third kappa shape index (κ3) is 3.98. The zero-order valence-electron chi connectivity index (χ0n) is 11.8. The van der Waals surface area contributed by atoms with E-state index >= 15 is 0 Å². The van der Waals surface area contributed by atoms with Crippen LogP contribution in [0.4, 0.5) is 0 Å². The Bertz CT molecular complexity index is 308. The fourth-order valence-corrected chi connectivity index (χ4v) is 3.31. The standard InChI is InChI=1S/C13H23N3O2.2ClH/c17-13(11-1-3-14-9-11)16-4-2-12(10-16)15-5-7-18-8-6-15;;/h11-12,14H,1-10H2;2*1H. The molecule has 20 heavy (non-hydrogen) atoms. The van der Waals surface area contributed by atoms with Gasteiger partial charge >= 0.3 is 0 Å². The summed E-state index contributed by atoms with van der Waals surface area (Å²) in [5.41, 5.74) is 0. The van der Waals surface area contributed by atoms with Crippen molar-refractivity contribution in [2.75, 3.05) is 52.5 Å². The summed E-state index contributed by atoms with van der Waals surface area (Å²) in [5, 5.41) is 3.28. The molecule has 3 saturated heterocycles. The zero-order valence-corrected chi connectivity index (χ0v) is 13.4. The predicted octanol–water partition coefficient (Wildman–Crippen LogP) is 0.373. The fourth-order valence-electron chi connectivity index (χ4n) is 3.31. The summed E-state index contributed by atoms with van der Waals surface area (Å²) in [5.74, 6) is 0.601. The molecule has 0 saturated carbocycles. The predicted molar refractivity (Wildman–Crippen MR) is 82.8 cm³/mol. The molecule has 0 aromatic rings. The summed E-state index contributed by atoms with van der Waals surface area (Å²) in [6.07, 6.45) is 2.14. The average Bonchev–Trinajstić information content (AvgIpc) is 3.10. The number of hydrogen-bond acceptors (Lipinski definition) is 4. The SMILES string of the molecule is Cl.Cl.O=C(C1CCNC1)N1CCC(N2CCOCC2)C1. The molecule has 0 aromatic heterocycles. The minimum atomic E-state index is 0. The van der Waals surface area contributed by atoms with Crippen molar-refractivity contribution in [3.63, 3.8) is 0 Å². The molecular weight excluding hydrogens is 301 g/mol. The van der Waals surface area contributed by atoms with E-state index in [4.69, 9.17) is 4.74 Å². The summed E-state index contributed by atoms with van der Waals surface area (Å²) >= 11 is 0. The molecule has 2 unspecified atom stereocenters. The first-order chi connectivity index (χ1) is 8.84. The molecule has 3 rings (SSSR count). The van der Waals surface area contributed by atoms with Crippen molar-refractivity contribution < 1.29 is 9.53 Å². The smallest absolute Gasteiger partial charge is 0.227 e. The topological polar surface area (TPSA) is 44.8 Å². The van der Waals surface area contributed by atoms with Gasteiger partial charge in [-0.25, -0.2) is 0 Å². The summed E-state index contributed by atoms with van der Waals surface area (Å²) in [6, 6.07) is 0.562. The Morgan fingerprint density at radius 3 is 2.50 bits per heavy atom. The Balaban J connectivity index is 0.000001000. The molecule has 7 heteroatoms. The van der Waals surface area contributed by atoms with Gasteiger partial charge in [0.2, 0.25) is 5.91 Å². The Labute approximate surface area is 133 Å². The molecule has 0 bridgehead atoms. The van der Waals surface area contributed by atoms with Gasteiger partial charge in [0, 0.05) is 38.8 Å². The summed E-state index contributed by atoms with van der Waals surface area (Å²) in [4.78, 5) is 16.9. The molecule has 0 aliphatic carbocycles. The Kier molecular flexibility index (Phi) is 7.54. The van der Waals surface area contributed by atoms with Crippen molar-refractivity contribution in [3.8, 4) is 0 Å². The van der Waals surface area contributed by atoms with E-state index in [-0.39, 0.29) is 30.7 Å². The van der Waals surface area contributed by atoms with Gasteiger partial charge in [-0.3, -0.25) is 9.69 Å². The molecule has 2 atom stereocenters. The molecule has 0 radical (unpaired) electrons. The summed E-state index contributed by atoms with van der Waals surface area (Å²) in [6.45, 7) is 7.48. The minimum Gasteiger partial charge on any atom is -0.379 e. The van der Waals surface area contributed by atoms with Crippen LogP contribution in [0.25, 0.3) is 0 Å². The second kappa shape index (κ2) is 8.39. The third-order valence-electron chi connectivity index (χ3n) is 4.45. The molecule has 0 aromatic carbocycles. The molecule has 5 nitrogen and oxygen atoms in total. The molecule has 3 aliphatic rings. The van der Waals surface area contributed by atoms with Crippen LogP contribution in [-0.2, 0) is 9.53 Å². The highest BCUT2D eigenvalue weighted by Gasteiger charge is 2.34. The lowest BCUT2D eigenvalue weighted by Gasteiger charge is -2.32. The van der Waals surface area contributed by atoms with E-state index in [1.807, 2.05) is 0 Å². The van der Waals surface area contributed by atoms with Crippen LogP contribution in [0, 0.1) is 5.92 Å². The quantitative estimate of drug-likeness (QED) is 0.797. The Morgan fingerprint density at radius 1 is 1.10 bits per heavy atom. The maximum atomic E-state index is 12.3. The zero-order chi connectivity index (χ0) is 12.4. The molecule has 3 fully saturated rings. The van der Waals surface area contributed by atoms with Crippen molar-refractivity contribution in [1.82, 2.24) is 15.1 Å². The molecule has 118 valence electrons. The van der Waals surface area contributed by atoms with Crippen molar-refractivity contribution in [3.05, 3.63) is 0 Å². The third-order valence-corrected chi connectivity index (χ3v) is 4.45. The maximum absolute atomic E-state index is 12.3. The monoisotopic (exact) mass is 325 g/mol. The first kappa shape index (κ1) is 18.0. The molecule has 3 aliphatic heterocycles. The molecule has 1 amide bonds. The number of ether oxygens (including phenoxy) is 1. The molecule has 0 spiro atoms. The fraction of sp³-hybridized carbons (Fsp3) is 0.923. The second-order valence-corrected chi connectivity index (χ2v) is 5.56. The van der Waals surface area contributed by atoms with Crippen molar-refractivity contribution >= 4 is 30.7 Å². The van der Waals surface area contributed by atoms with E-state index in [9.17, 15) is 4.79 Å². The first-order valence-corrected chi connectivity index (χ1v) is 7.16. The number of carbonyl (C=O) groups excluding carboxylic acids is 1. The van der Waals surface area contributed by atoms with Gasteiger partial charge in [0.25, 0.3) is 0 Å². The van der Waals surface area contributed by atoms with Crippen LogP contribution in [0.1, 0.15) is 12.8 Å². The van der Waals surface area contributed by atoms with Crippen LogP contribution in [0.5, 0.6) is 0 Å². The molecule has 3 heterocycles. The van der Waals surface area contributed by atoms with Crippen LogP contribution in [0.2, 0.25) is 0 Å². The van der Waals surface area contributed by atoms with Crippen LogP contribution >= 0.6 is 24.8 Å². The average molecular weight is 326 g/mol. The van der Waals surface area contributed by atoms with Crippen molar-refractivity contribution in [2.24, 2.45) is 5.92 Å². The lowest BCUT2D eigenvalue weighted by atomic mass is 10.1. The number of likely N-dealkylation sites (tertiary alicyclic amines) is 1. The van der Waals surface area contributed by atoms with Gasteiger partial charge in [0.15, 0.2) is 0 Å². The second-order valence-electron chi connectivity index (χ2n) is 5.56.